The highest BCUT2D eigenvalue weighted by Gasteiger charge is 2.37. The van der Waals surface area contributed by atoms with Crippen LogP contribution in [0.1, 0.15) is 19.3 Å². The Bertz CT molecular complexity index is 688. The number of hydrogen-bond donors (Lipinski definition) is 2. The number of rotatable bonds is 4. The molecule has 9 heteroatoms. The number of nitriles is 1. The van der Waals surface area contributed by atoms with Gasteiger partial charge in [-0.2, -0.15) is 5.26 Å². The van der Waals surface area contributed by atoms with Gasteiger partial charge in [-0.05, 0) is 25.3 Å². The summed E-state index contributed by atoms with van der Waals surface area (Å²) in [5.41, 5.74) is -0.0867. The third-order valence-corrected chi connectivity index (χ3v) is 4.44. The molecule has 2 N–H and O–H groups in total. The van der Waals surface area contributed by atoms with E-state index in [-0.39, 0.29) is 35.5 Å². The summed E-state index contributed by atoms with van der Waals surface area (Å²) < 4.78 is 0. The van der Waals surface area contributed by atoms with E-state index in [1.54, 1.807) is 4.90 Å². The van der Waals surface area contributed by atoms with E-state index in [2.05, 4.69) is 21.7 Å². The van der Waals surface area contributed by atoms with Crippen LogP contribution in [-0.4, -0.2) is 51.9 Å². The molecule has 0 bridgehead atoms. The lowest BCUT2D eigenvalue weighted by Gasteiger charge is -2.23. The maximum absolute atomic E-state index is 12.6. The Morgan fingerprint density at radius 1 is 1.58 bits per heavy atom. The lowest BCUT2D eigenvalue weighted by Crippen LogP contribution is -2.45. The van der Waals surface area contributed by atoms with Gasteiger partial charge in [0.15, 0.2) is 0 Å². The zero-order chi connectivity index (χ0) is 17.1. The third kappa shape index (κ3) is 3.14. The number of nitrogens with one attached hydrogen (secondary N) is 2. The van der Waals surface area contributed by atoms with Crippen LogP contribution < -0.4 is 10.6 Å². The number of pyridine rings is 1. The molecule has 126 valence electrons. The van der Waals surface area contributed by atoms with Crippen LogP contribution in [0.2, 0.25) is 0 Å². The van der Waals surface area contributed by atoms with Crippen molar-refractivity contribution < 1.29 is 9.72 Å². The van der Waals surface area contributed by atoms with Crippen molar-refractivity contribution in [2.24, 2.45) is 0 Å². The summed E-state index contributed by atoms with van der Waals surface area (Å²) in [5, 5.41) is 26.3. The molecule has 2 fully saturated rings. The molecule has 2 saturated heterocycles. The molecule has 0 unspecified atom stereocenters. The number of anilines is 1. The van der Waals surface area contributed by atoms with Crippen molar-refractivity contribution >= 4 is 17.4 Å². The fourth-order valence-electron chi connectivity index (χ4n) is 3.25. The van der Waals surface area contributed by atoms with Gasteiger partial charge in [-0.1, -0.05) is 0 Å². The van der Waals surface area contributed by atoms with E-state index < -0.39 is 4.92 Å². The molecule has 1 aromatic rings. The first kappa shape index (κ1) is 16.1. The largest absolute Gasteiger partial charge is 0.360 e. The maximum atomic E-state index is 12.6. The molecule has 0 aromatic carbocycles. The first-order chi connectivity index (χ1) is 11.6. The average Bonchev–Trinajstić information content (AvgIpc) is 3.23. The Hall–Kier alpha value is -2.73. The second kappa shape index (κ2) is 6.80. The summed E-state index contributed by atoms with van der Waals surface area (Å²) >= 11 is 0. The van der Waals surface area contributed by atoms with Crippen LogP contribution in [0.5, 0.6) is 0 Å². The minimum Gasteiger partial charge on any atom is -0.360 e. The van der Waals surface area contributed by atoms with Crippen molar-refractivity contribution in [3.63, 3.8) is 0 Å². The van der Waals surface area contributed by atoms with Gasteiger partial charge < -0.3 is 15.5 Å². The molecule has 3 atom stereocenters. The predicted molar refractivity (Wildman–Crippen MR) is 85.1 cm³/mol. The molecular formula is C15H18N6O3. The first-order valence-corrected chi connectivity index (χ1v) is 7.89. The molecular weight excluding hydrogens is 312 g/mol. The van der Waals surface area contributed by atoms with Crippen molar-refractivity contribution in [1.82, 2.24) is 15.2 Å². The van der Waals surface area contributed by atoms with Gasteiger partial charge in [-0.3, -0.25) is 14.9 Å². The Kier molecular flexibility index (Phi) is 4.57. The zero-order valence-electron chi connectivity index (χ0n) is 13.0. The Balaban J connectivity index is 1.63. The summed E-state index contributed by atoms with van der Waals surface area (Å²) in [6.45, 7) is 1.12. The average molecular weight is 330 g/mol. The van der Waals surface area contributed by atoms with Gasteiger partial charge in [-0.15, -0.1) is 0 Å². The normalized spacial score (nSPS) is 26.1. The van der Waals surface area contributed by atoms with Gasteiger partial charge in [0.05, 0.1) is 17.0 Å². The van der Waals surface area contributed by atoms with Crippen molar-refractivity contribution in [1.29, 1.82) is 5.26 Å². The number of carbonyl (C=O) groups excluding carboxylic acids is 1. The second-order valence-electron chi connectivity index (χ2n) is 5.98. The second-order valence-corrected chi connectivity index (χ2v) is 5.98. The third-order valence-electron chi connectivity index (χ3n) is 4.44. The van der Waals surface area contributed by atoms with Gasteiger partial charge in [0, 0.05) is 31.4 Å². The number of nitro groups is 1. The molecule has 0 radical (unpaired) electrons. The topological polar surface area (TPSA) is 124 Å². The summed E-state index contributed by atoms with van der Waals surface area (Å²) in [4.78, 5) is 28.7. The van der Waals surface area contributed by atoms with Crippen LogP contribution in [0, 0.1) is 21.4 Å². The summed E-state index contributed by atoms with van der Waals surface area (Å²) in [6, 6.07) is 4.22. The molecule has 0 spiro atoms. The van der Waals surface area contributed by atoms with Crippen molar-refractivity contribution in [3.8, 4) is 6.07 Å². The highest BCUT2D eigenvalue weighted by atomic mass is 16.6. The van der Waals surface area contributed by atoms with Crippen LogP contribution >= 0.6 is 0 Å². The van der Waals surface area contributed by atoms with E-state index in [0.717, 1.165) is 12.8 Å². The van der Waals surface area contributed by atoms with Crippen molar-refractivity contribution in [2.45, 2.75) is 37.4 Å². The highest BCUT2D eigenvalue weighted by Crippen LogP contribution is 2.24. The molecule has 2 aliphatic heterocycles. The lowest BCUT2D eigenvalue weighted by atomic mass is 10.1. The first-order valence-electron chi connectivity index (χ1n) is 7.89. The molecule has 1 aromatic heterocycles. The SMILES string of the molecule is N#C[C@@H]1CCCN1C(=O)[C@@H]1C[C@H](Nc2ncccc2[N+](=O)[O-])CN1. The van der Waals surface area contributed by atoms with E-state index in [0.29, 0.717) is 19.5 Å². The molecule has 9 nitrogen and oxygen atoms in total. The number of carbonyl (C=O) groups is 1. The summed E-state index contributed by atoms with van der Waals surface area (Å²) in [6.07, 6.45) is 3.55. The van der Waals surface area contributed by atoms with Gasteiger partial charge in [0.25, 0.3) is 0 Å². The van der Waals surface area contributed by atoms with E-state index in [9.17, 15) is 14.9 Å². The summed E-state index contributed by atoms with van der Waals surface area (Å²) in [5.74, 6) is 0.136. The van der Waals surface area contributed by atoms with Crippen LogP contribution in [0.15, 0.2) is 18.3 Å². The van der Waals surface area contributed by atoms with Crippen molar-refractivity contribution in [2.75, 3.05) is 18.4 Å². The molecule has 24 heavy (non-hydrogen) atoms. The fourth-order valence-corrected chi connectivity index (χ4v) is 3.25. The number of amides is 1. The standard InChI is InChI=1S/C15H18N6O3/c16-8-11-3-2-6-20(11)15(22)12-7-10(9-18-12)19-14-13(21(23)24)4-1-5-17-14/h1,4-5,10-12,18H,2-3,6-7,9H2,(H,17,19)/t10-,11-,12-/m0/s1. The highest BCUT2D eigenvalue weighted by molar-refractivity contribution is 5.83. The van der Waals surface area contributed by atoms with Crippen LogP contribution in [0.3, 0.4) is 0 Å². The van der Waals surface area contributed by atoms with Gasteiger partial charge >= 0.3 is 5.69 Å². The predicted octanol–water partition coefficient (Wildman–Crippen LogP) is 0.647. The Labute approximate surface area is 138 Å². The number of hydrogen-bond acceptors (Lipinski definition) is 7. The van der Waals surface area contributed by atoms with Crippen LogP contribution in [0.4, 0.5) is 11.5 Å². The molecule has 2 aliphatic rings. The quantitative estimate of drug-likeness (QED) is 0.613. The fraction of sp³-hybridized carbons (Fsp3) is 0.533. The lowest BCUT2D eigenvalue weighted by molar-refractivity contribution is -0.384. The van der Waals surface area contributed by atoms with E-state index in [4.69, 9.17) is 5.26 Å². The van der Waals surface area contributed by atoms with Gasteiger partial charge in [0.1, 0.15) is 6.04 Å². The number of likely N-dealkylation sites (tertiary alicyclic amines) is 1. The molecule has 0 saturated carbocycles. The van der Waals surface area contributed by atoms with Crippen molar-refractivity contribution in [3.05, 3.63) is 28.4 Å². The minimum absolute atomic E-state index is 0.0705. The van der Waals surface area contributed by atoms with E-state index in [1.165, 1.54) is 18.3 Å². The Morgan fingerprint density at radius 2 is 2.42 bits per heavy atom. The van der Waals surface area contributed by atoms with E-state index in [1.807, 2.05) is 0 Å². The van der Waals surface area contributed by atoms with Gasteiger partial charge in [0.2, 0.25) is 11.7 Å². The van der Waals surface area contributed by atoms with Crippen LogP contribution in [-0.2, 0) is 4.79 Å². The minimum atomic E-state index is -0.484. The zero-order valence-corrected chi connectivity index (χ0v) is 13.0. The number of nitrogens with zero attached hydrogens (tertiary/aromatic N) is 4. The summed E-state index contributed by atoms with van der Waals surface area (Å²) in [7, 11) is 0. The molecule has 3 heterocycles. The Morgan fingerprint density at radius 3 is 3.17 bits per heavy atom. The maximum Gasteiger partial charge on any atom is 0.311 e. The van der Waals surface area contributed by atoms with Crippen LogP contribution in [0.25, 0.3) is 0 Å². The smallest absolute Gasteiger partial charge is 0.311 e. The monoisotopic (exact) mass is 330 g/mol. The van der Waals surface area contributed by atoms with Gasteiger partial charge in [-0.25, -0.2) is 4.98 Å². The molecule has 1 amide bonds. The molecule has 3 rings (SSSR count). The number of aromatic nitrogens is 1. The molecule has 0 aliphatic carbocycles. The van der Waals surface area contributed by atoms with E-state index >= 15 is 0 Å².